The van der Waals surface area contributed by atoms with Crippen molar-refractivity contribution in [3.8, 4) is 11.5 Å². The molecule has 1 fully saturated rings. The largest absolute Gasteiger partial charge is 0.497 e. The molecule has 5 heteroatoms. The highest BCUT2D eigenvalue weighted by Crippen LogP contribution is 2.40. The van der Waals surface area contributed by atoms with Gasteiger partial charge in [-0.3, -0.25) is 4.90 Å². The number of methoxy groups -OCH3 is 1. The quantitative estimate of drug-likeness (QED) is 0.716. The van der Waals surface area contributed by atoms with Gasteiger partial charge >= 0.3 is 0 Å². The van der Waals surface area contributed by atoms with Crippen molar-refractivity contribution < 1.29 is 9.47 Å². The second-order valence-electron chi connectivity index (χ2n) is 7.84. The molecule has 2 aromatic carbocycles. The molecule has 2 N–H and O–H groups in total. The van der Waals surface area contributed by atoms with Gasteiger partial charge in [-0.25, -0.2) is 0 Å². The molecule has 3 heterocycles. The second-order valence-corrected chi connectivity index (χ2v) is 7.84. The third-order valence-corrected chi connectivity index (χ3v) is 6.20. The lowest BCUT2D eigenvalue weighted by atomic mass is 9.86. The van der Waals surface area contributed by atoms with Gasteiger partial charge in [0, 0.05) is 42.8 Å². The van der Waals surface area contributed by atoms with Gasteiger partial charge in [-0.05, 0) is 48.7 Å². The van der Waals surface area contributed by atoms with E-state index in [9.17, 15) is 0 Å². The summed E-state index contributed by atoms with van der Waals surface area (Å²) in [5, 5.41) is 5.14. The van der Waals surface area contributed by atoms with E-state index in [-0.39, 0.29) is 5.54 Å². The van der Waals surface area contributed by atoms with Crippen LogP contribution < -0.4 is 14.8 Å². The first-order valence-corrected chi connectivity index (χ1v) is 10.1. The van der Waals surface area contributed by atoms with Crippen molar-refractivity contribution in [1.82, 2.24) is 15.2 Å². The van der Waals surface area contributed by atoms with Crippen molar-refractivity contribution in [3.05, 3.63) is 59.8 Å². The van der Waals surface area contributed by atoms with Crippen molar-refractivity contribution in [2.24, 2.45) is 0 Å². The summed E-state index contributed by atoms with van der Waals surface area (Å²) in [5.74, 6) is 1.87. The van der Waals surface area contributed by atoms with Crippen LogP contribution in [0.25, 0.3) is 10.9 Å². The molecule has 1 unspecified atom stereocenters. The Morgan fingerprint density at radius 3 is 2.86 bits per heavy atom. The molecule has 5 nitrogen and oxygen atoms in total. The van der Waals surface area contributed by atoms with Crippen LogP contribution in [0, 0.1) is 0 Å². The predicted molar refractivity (Wildman–Crippen MR) is 111 cm³/mol. The molecular formula is C23H27N3O2. The van der Waals surface area contributed by atoms with Crippen LogP contribution in [-0.4, -0.2) is 49.8 Å². The third kappa shape index (κ3) is 3.05. The zero-order valence-corrected chi connectivity index (χ0v) is 16.3. The minimum atomic E-state index is 0.0204. The molecule has 2 aliphatic rings. The van der Waals surface area contributed by atoms with E-state index in [1.54, 1.807) is 7.11 Å². The van der Waals surface area contributed by atoms with Crippen LogP contribution in [0.3, 0.4) is 0 Å². The number of benzene rings is 2. The summed E-state index contributed by atoms with van der Waals surface area (Å²) in [4.78, 5) is 6.24. The van der Waals surface area contributed by atoms with Crippen LogP contribution in [0.2, 0.25) is 0 Å². The number of aromatic nitrogens is 1. The normalized spacial score (nSPS) is 21.9. The Bertz CT molecular complexity index is 969. The SMILES string of the molecule is COc1ccc2[nH]c3c(c2c1)CCNC31CCN(CCOc2ccccc2)C1. The molecular weight excluding hydrogens is 350 g/mol. The van der Waals surface area contributed by atoms with Crippen molar-refractivity contribution >= 4 is 10.9 Å². The highest BCUT2D eigenvalue weighted by Gasteiger charge is 2.43. The second kappa shape index (κ2) is 7.15. The van der Waals surface area contributed by atoms with Gasteiger partial charge in [-0.15, -0.1) is 0 Å². The molecule has 1 aromatic heterocycles. The average molecular weight is 377 g/mol. The van der Waals surface area contributed by atoms with Gasteiger partial charge in [0.15, 0.2) is 0 Å². The number of ether oxygens (including phenoxy) is 2. The molecule has 146 valence electrons. The number of nitrogens with zero attached hydrogens (tertiary/aromatic N) is 1. The van der Waals surface area contributed by atoms with E-state index in [1.165, 1.54) is 22.2 Å². The van der Waals surface area contributed by atoms with Gasteiger partial charge in [-0.2, -0.15) is 0 Å². The van der Waals surface area contributed by atoms with Crippen LogP contribution in [0.4, 0.5) is 0 Å². The zero-order chi connectivity index (χ0) is 19.0. The van der Waals surface area contributed by atoms with Gasteiger partial charge in [0.2, 0.25) is 0 Å². The zero-order valence-electron chi connectivity index (χ0n) is 16.3. The topological polar surface area (TPSA) is 49.5 Å². The van der Waals surface area contributed by atoms with E-state index in [4.69, 9.17) is 9.47 Å². The van der Waals surface area contributed by atoms with E-state index < -0.39 is 0 Å². The van der Waals surface area contributed by atoms with E-state index in [0.717, 1.165) is 57.1 Å². The summed E-state index contributed by atoms with van der Waals surface area (Å²) >= 11 is 0. The number of fused-ring (bicyclic) bond motifs is 4. The fourth-order valence-corrected chi connectivity index (χ4v) is 4.77. The Balaban J connectivity index is 1.33. The van der Waals surface area contributed by atoms with Gasteiger partial charge < -0.3 is 19.8 Å². The lowest BCUT2D eigenvalue weighted by molar-refractivity contribution is 0.218. The minimum Gasteiger partial charge on any atom is -0.497 e. The van der Waals surface area contributed by atoms with Crippen molar-refractivity contribution in [2.75, 3.05) is 39.9 Å². The van der Waals surface area contributed by atoms with Crippen LogP contribution in [0.1, 0.15) is 17.7 Å². The number of likely N-dealkylation sites (tertiary alicyclic amines) is 1. The first kappa shape index (κ1) is 17.6. The molecule has 0 radical (unpaired) electrons. The molecule has 1 spiro atoms. The summed E-state index contributed by atoms with van der Waals surface area (Å²) in [6.45, 7) is 4.79. The maximum absolute atomic E-state index is 5.90. The van der Waals surface area contributed by atoms with Gasteiger partial charge in [0.1, 0.15) is 18.1 Å². The van der Waals surface area contributed by atoms with Gasteiger partial charge in [0.05, 0.1) is 12.6 Å². The van der Waals surface area contributed by atoms with Crippen LogP contribution in [-0.2, 0) is 12.0 Å². The van der Waals surface area contributed by atoms with Crippen molar-refractivity contribution in [1.29, 1.82) is 0 Å². The van der Waals surface area contributed by atoms with Crippen molar-refractivity contribution in [2.45, 2.75) is 18.4 Å². The Hall–Kier alpha value is -2.50. The molecule has 3 aromatic rings. The fraction of sp³-hybridized carbons (Fsp3) is 0.391. The maximum atomic E-state index is 5.90. The molecule has 0 saturated carbocycles. The fourth-order valence-electron chi connectivity index (χ4n) is 4.77. The molecule has 0 aliphatic carbocycles. The number of hydrogen-bond acceptors (Lipinski definition) is 4. The lowest BCUT2D eigenvalue weighted by Gasteiger charge is -2.35. The molecule has 0 amide bonds. The van der Waals surface area contributed by atoms with Gasteiger partial charge in [0.25, 0.3) is 0 Å². The summed E-state index contributed by atoms with van der Waals surface area (Å²) in [7, 11) is 1.73. The Kier molecular flexibility index (Phi) is 4.49. The van der Waals surface area contributed by atoms with Crippen molar-refractivity contribution in [3.63, 3.8) is 0 Å². The van der Waals surface area contributed by atoms with E-state index >= 15 is 0 Å². The molecule has 28 heavy (non-hydrogen) atoms. The predicted octanol–water partition coefficient (Wildman–Crippen LogP) is 3.30. The molecule has 0 bridgehead atoms. The number of para-hydroxylation sites is 1. The number of hydrogen-bond donors (Lipinski definition) is 2. The molecule has 1 atom stereocenters. The number of H-pyrrole nitrogens is 1. The first-order chi connectivity index (χ1) is 13.8. The summed E-state index contributed by atoms with van der Waals surface area (Å²) in [5.41, 5.74) is 4.05. The summed E-state index contributed by atoms with van der Waals surface area (Å²) in [6, 6.07) is 16.4. The molecule has 5 rings (SSSR count). The highest BCUT2D eigenvalue weighted by atomic mass is 16.5. The smallest absolute Gasteiger partial charge is 0.119 e. The van der Waals surface area contributed by atoms with Crippen LogP contribution in [0.15, 0.2) is 48.5 Å². The van der Waals surface area contributed by atoms with E-state index in [0.29, 0.717) is 0 Å². The third-order valence-electron chi connectivity index (χ3n) is 6.20. The van der Waals surface area contributed by atoms with E-state index in [1.807, 2.05) is 36.4 Å². The number of nitrogens with one attached hydrogen (secondary N) is 2. The van der Waals surface area contributed by atoms with E-state index in [2.05, 4.69) is 27.3 Å². The van der Waals surface area contributed by atoms with Crippen LogP contribution in [0.5, 0.6) is 11.5 Å². The maximum Gasteiger partial charge on any atom is 0.119 e. The first-order valence-electron chi connectivity index (χ1n) is 10.1. The standard InChI is InChI=1S/C23H27N3O2/c1-27-18-7-8-21-20(15-18)19-9-11-24-23(22(19)25-21)10-12-26(16-23)13-14-28-17-5-3-2-4-6-17/h2-8,15,24-25H,9-14,16H2,1H3. The Labute approximate surface area is 165 Å². The van der Waals surface area contributed by atoms with Crippen LogP contribution >= 0.6 is 0 Å². The number of aromatic amines is 1. The summed E-state index contributed by atoms with van der Waals surface area (Å²) in [6.07, 6.45) is 2.18. The Morgan fingerprint density at radius 1 is 1.11 bits per heavy atom. The Morgan fingerprint density at radius 2 is 2.00 bits per heavy atom. The number of rotatable bonds is 5. The molecule has 2 aliphatic heterocycles. The summed E-state index contributed by atoms with van der Waals surface area (Å²) < 4.78 is 11.3. The monoisotopic (exact) mass is 377 g/mol. The molecule has 1 saturated heterocycles. The van der Waals surface area contributed by atoms with Gasteiger partial charge in [-0.1, -0.05) is 18.2 Å². The minimum absolute atomic E-state index is 0.0204. The highest BCUT2D eigenvalue weighted by molar-refractivity contribution is 5.86. The average Bonchev–Trinajstić information content (AvgIpc) is 3.31. The lowest BCUT2D eigenvalue weighted by Crippen LogP contribution is -2.49.